The molecule has 0 saturated heterocycles. The monoisotopic (exact) mass is 312 g/mol. The van der Waals surface area contributed by atoms with Gasteiger partial charge in [0.05, 0.1) is 11.8 Å². The van der Waals surface area contributed by atoms with E-state index in [1.165, 1.54) is 0 Å². The number of nitrogens with zero attached hydrogens (tertiary/aromatic N) is 1. The second-order valence-electron chi connectivity index (χ2n) is 4.73. The molecule has 0 fully saturated rings. The Morgan fingerprint density at radius 2 is 1.95 bits per heavy atom. The van der Waals surface area contributed by atoms with Gasteiger partial charge >= 0.3 is 6.18 Å². The van der Waals surface area contributed by atoms with Crippen molar-refractivity contribution in [3.05, 3.63) is 47.3 Å². The summed E-state index contributed by atoms with van der Waals surface area (Å²) in [5.74, 6) is -0.0679. The molecule has 0 aliphatic rings. The third-order valence-electron chi connectivity index (χ3n) is 3.03. The number of nitrogens with two attached hydrogens (primary N) is 1. The number of halogens is 3. The molecule has 1 aromatic heterocycles. The van der Waals surface area contributed by atoms with Crippen molar-refractivity contribution in [1.82, 2.24) is 15.3 Å². The lowest BCUT2D eigenvalue weighted by Gasteiger charge is -2.08. The summed E-state index contributed by atoms with van der Waals surface area (Å²) in [4.78, 5) is 18.5. The van der Waals surface area contributed by atoms with Crippen LogP contribution in [0.3, 0.4) is 0 Å². The number of amides is 1. The molecule has 1 amide bonds. The molecule has 5 nitrogen and oxygen atoms in total. The van der Waals surface area contributed by atoms with E-state index in [0.29, 0.717) is 25.3 Å². The van der Waals surface area contributed by atoms with Crippen molar-refractivity contribution in [3.8, 4) is 0 Å². The predicted molar refractivity (Wildman–Crippen MR) is 75.1 cm³/mol. The maximum absolute atomic E-state index is 12.4. The molecule has 1 aromatic carbocycles. The van der Waals surface area contributed by atoms with E-state index >= 15 is 0 Å². The van der Waals surface area contributed by atoms with E-state index in [1.54, 1.807) is 6.20 Å². The minimum absolute atomic E-state index is 0.193. The van der Waals surface area contributed by atoms with E-state index in [0.717, 1.165) is 30.0 Å². The van der Waals surface area contributed by atoms with Gasteiger partial charge in [-0.05, 0) is 37.1 Å². The Bertz CT molecular complexity index is 634. The first-order valence-corrected chi connectivity index (χ1v) is 6.61. The maximum Gasteiger partial charge on any atom is 0.416 e. The summed E-state index contributed by atoms with van der Waals surface area (Å²) < 4.78 is 37.2. The van der Waals surface area contributed by atoms with Gasteiger partial charge in [0.1, 0.15) is 0 Å². The van der Waals surface area contributed by atoms with Crippen LogP contribution in [0.25, 0.3) is 0 Å². The molecule has 22 heavy (non-hydrogen) atoms. The number of carbonyl (C=O) groups excluding carboxylic acids is 1. The first kappa shape index (κ1) is 15.9. The Hall–Kier alpha value is -2.51. The highest BCUT2D eigenvalue weighted by Gasteiger charge is 2.30. The van der Waals surface area contributed by atoms with Crippen LogP contribution in [0.15, 0.2) is 30.5 Å². The van der Waals surface area contributed by atoms with Gasteiger partial charge in [-0.15, -0.1) is 0 Å². The van der Waals surface area contributed by atoms with Crippen LogP contribution in [0.5, 0.6) is 0 Å². The molecule has 0 spiro atoms. The van der Waals surface area contributed by atoms with Gasteiger partial charge in [0.15, 0.2) is 5.95 Å². The van der Waals surface area contributed by atoms with Crippen molar-refractivity contribution in [1.29, 1.82) is 0 Å². The smallest absolute Gasteiger partial charge is 0.369 e. The molecule has 118 valence electrons. The standard InChI is InChI=1S/C14H15F3N4O/c15-14(16,17)10-5-3-9(4-6-10)12(22)19-7-1-2-11-8-20-13(18)21-11/h3-6,8H,1-2,7H2,(H,19,22)(H3,18,20,21). The fourth-order valence-corrected chi connectivity index (χ4v) is 1.90. The lowest BCUT2D eigenvalue weighted by Crippen LogP contribution is -2.24. The zero-order chi connectivity index (χ0) is 16.2. The molecule has 0 radical (unpaired) electrons. The Labute approximate surface area is 124 Å². The van der Waals surface area contributed by atoms with Gasteiger partial charge in [-0.3, -0.25) is 4.79 Å². The minimum Gasteiger partial charge on any atom is -0.369 e. The minimum atomic E-state index is -4.40. The summed E-state index contributed by atoms with van der Waals surface area (Å²) in [5.41, 5.74) is 5.71. The molecule has 2 rings (SSSR count). The maximum atomic E-state index is 12.4. The number of aryl methyl sites for hydroxylation is 1. The number of aromatic amines is 1. The van der Waals surface area contributed by atoms with Gasteiger partial charge in [-0.2, -0.15) is 13.2 Å². The Balaban J connectivity index is 1.79. The van der Waals surface area contributed by atoms with Crippen molar-refractivity contribution in [2.24, 2.45) is 0 Å². The zero-order valence-corrected chi connectivity index (χ0v) is 11.6. The highest BCUT2D eigenvalue weighted by molar-refractivity contribution is 5.94. The fourth-order valence-electron chi connectivity index (χ4n) is 1.90. The van der Waals surface area contributed by atoms with Crippen LogP contribution in [0.4, 0.5) is 19.1 Å². The zero-order valence-electron chi connectivity index (χ0n) is 11.6. The van der Waals surface area contributed by atoms with Crippen LogP contribution in [-0.2, 0) is 12.6 Å². The Morgan fingerprint density at radius 1 is 1.27 bits per heavy atom. The normalized spacial score (nSPS) is 11.4. The van der Waals surface area contributed by atoms with Crippen LogP contribution in [0.2, 0.25) is 0 Å². The van der Waals surface area contributed by atoms with Gasteiger partial charge < -0.3 is 16.0 Å². The quantitative estimate of drug-likeness (QED) is 0.741. The number of anilines is 1. The molecule has 0 bridgehead atoms. The van der Waals surface area contributed by atoms with E-state index in [4.69, 9.17) is 5.73 Å². The molecule has 4 N–H and O–H groups in total. The average molecular weight is 312 g/mol. The van der Waals surface area contributed by atoms with Gasteiger partial charge in [0.25, 0.3) is 5.91 Å². The SMILES string of the molecule is Nc1ncc(CCCNC(=O)c2ccc(C(F)(F)F)cc2)[nH]1. The second kappa shape index (κ2) is 6.50. The number of hydrogen-bond donors (Lipinski definition) is 3. The summed E-state index contributed by atoms with van der Waals surface area (Å²) in [6.07, 6.45) is -1.46. The highest BCUT2D eigenvalue weighted by Crippen LogP contribution is 2.29. The van der Waals surface area contributed by atoms with Crippen LogP contribution in [0, 0.1) is 0 Å². The number of imidazole rings is 1. The molecule has 0 saturated carbocycles. The molecule has 8 heteroatoms. The predicted octanol–water partition coefficient (Wildman–Crippen LogP) is 2.37. The van der Waals surface area contributed by atoms with Gasteiger partial charge in [0.2, 0.25) is 0 Å². The van der Waals surface area contributed by atoms with Crippen LogP contribution >= 0.6 is 0 Å². The van der Waals surface area contributed by atoms with Crippen LogP contribution in [0.1, 0.15) is 28.0 Å². The summed E-state index contributed by atoms with van der Waals surface area (Å²) in [5, 5.41) is 2.65. The number of hydrogen-bond acceptors (Lipinski definition) is 3. The van der Waals surface area contributed by atoms with Crippen molar-refractivity contribution in [2.45, 2.75) is 19.0 Å². The molecule has 0 unspecified atom stereocenters. The molecule has 2 aromatic rings. The number of carbonyl (C=O) groups is 1. The van der Waals surface area contributed by atoms with Crippen molar-refractivity contribution >= 4 is 11.9 Å². The molecule has 0 aliphatic heterocycles. The average Bonchev–Trinajstić information content (AvgIpc) is 2.88. The van der Waals surface area contributed by atoms with Crippen LogP contribution < -0.4 is 11.1 Å². The van der Waals surface area contributed by atoms with E-state index in [1.807, 2.05) is 0 Å². The van der Waals surface area contributed by atoms with E-state index in [9.17, 15) is 18.0 Å². The molecular formula is C14H15F3N4O. The number of aromatic nitrogens is 2. The first-order chi connectivity index (χ1) is 10.4. The third-order valence-corrected chi connectivity index (χ3v) is 3.03. The summed E-state index contributed by atoms with van der Waals surface area (Å²) in [7, 11) is 0. The summed E-state index contributed by atoms with van der Waals surface area (Å²) in [6.45, 7) is 0.402. The summed E-state index contributed by atoms with van der Waals surface area (Å²) >= 11 is 0. The van der Waals surface area contributed by atoms with E-state index in [-0.39, 0.29) is 5.56 Å². The first-order valence-electron chi connectivity index (χ1n) is 6.61. The van der Waals surface area contributed by atoms with Gasteiger partial charge in [-0.25, -0.2) is 4.98 Å². The van der Waals surface area contributed by atoms with Gasteiger partial charge in [0, 0.05) is 17.8 Å². The van der Waals surface area contributed by atoms with E-state index < -0.39 is 17.6 Å². The molecular weight excluding hydrogens is 297 g/mol. The topological polar surface area (TPSA) is 83.8 Å². The number of nitrogens with one attached hydrogen (secondary N) is 2. The molecule has 0 atom stereocenters. The summed E-state index contributed by atoms with van der Waals surface area (Å²) in [6, 6.07) is 4.10. The van der Waals surface area contributed by atoms with Crippen molar-refractivity contribution < 1.29 is 18.0 Å². The number of H-pyrrole nitrogens is 1. The number of alkyl halides is 3. The second-order valence-corrected chi connectivity index (χ2v) is 4.73. The largest absolute Gasteiger partial charge is 0.416 e. The van der Waals surface area contributed by atoms with Crippen LogP contribution in [-0.4, -0.2) is 22.4 Å². The fraction of sp³-hybridized carbons (Fsp3) is 0.286. The Kier molecular flexibility index (Phi) is 4.69. The number of rotatable bonds is 5. The number of benzene rings is 1. The Morgan fingerprint density at radius 3 is 2.50 bits per heavy atom. The lowest BCUT2D eigenvalue weighted by molar-refractivity contribution is -0.137. The number of nitrogen functional groups attached to an aromatic ring is 1. The van der Waals surface area contributed by atoms with Crippen molar-refractivity contribution in [3.63, 3.8) is 0 Å². The molecule has 0 aliphatic carbocycles. The van der Waals surface area contributed by atoms with Gasteiger partial charge in [-0.1, -0.05) is 0 Å². The van der Waals surface area contributed by atoms with E-state index in [2.05, 4.69) is 15.3 Å². The molecule has 1 heterocycles. The highest BCUT2D eigenvalue weighted by atomic mass is 19.4. The lowest BCUT2D eigenvalue weighted by atomic mass is 10.1. The van der Waals surface area contributed by atoms with Crippen molar-refractivity contribution in [2.75, 3.05) is 12.3 Å². The third kappa shape index (κ3) is 4.24.